The van der Waals surface area contributed by atoms with E-state index in [9.17, 15) is 31.9 Å². The number of nitrogens with zero attached hydrogens (tertiary/aromatic N) is 1. The monoisotopic (exact) mass is 430 g/mol. The molecule has 0 spiro atoms. The number of hydrogen-bond donors (Lipinski definition) is 2. The molecule has 0 saturated heterocycles. The summed E-state index contributed by atoms with van der Waals surface area (Å²) in [4.78, 5) is 16.5. The zero-order valence-electron chi connectivity index (χ0n) is 15.9. The van der Waals surface area contributed by atoms with Crippen LogP contribution in [0.3, 0.4) is 0 Å². The van der Waals surface area contributed by atoms with Crippen LogP contribution >= 0.6 is 0 Å². The number of halogens is 5. The minimum absolute atomic E-state index is 0.231. The van der Waals surface area contributed by atoms with Crippen molar-refractivity contribution in [3.8, 4) is 5.88 Å². The van der Waals surface area contributed by atoms with Gasteiger partial charge in [0.25, 0.3) is 0 Å². The number of aliphatic hydroxyl groups is 1. The second-order valence-electron chi connectivity index (χ2n) is 7.47. The van der Waals surface area contributed by atoms with Crippen molar-refractivity contribution in [3.63, 3.8) is 0 Å². The summed E-state index contributed by atoms with van der Waals surface area (Å²) in [5.41, 5.74) is -2.71. The van der Waals surface area contributed by atoms with Crippen molar-refractivity contribution >= 4 is 5.91 Å². The van der Waals surface area contributed by atoms with Gasteiger partial charge in [-0.3, -0.25) is 4.79 Å². The molecule has 1 aromatic carbocycles. The predicted octanol–water partition coefficient (Wildman–Crippen LogP) is 3.70. The molecule has 1 heterocycles. The van der Waals surface area contributed by atoms with Crippen LogP contribution < -0.4 is 10.1 Å². The molecule has 0 bridgehead atoms. The Morgan fingerprint density at radius 3 is 2.53 bits per heavy atom. The largest absolute Gasteiger partial charge is 0.468 e. The summed E-state index contributed by atoms with van der Waals surface area (Å²) in [6, 6.07) is 6.93. The van der Waals surface area contributed by atoms with Crippen LogP contribution in [0.4, 0.5) is 22.0 Å². The lowest BCUT2D eigenvalue weighted by Crippen LogP contribution is -2.39. The normalized spacial score (nSPS) is 17.2. The van der Waals surface area contributed by atoms with Crippen molar-refractivity contribution in [1.82, 2.24) is 10.3 Å². The predicted molar refractivity (Wildman–Crippen MR) is 95.4 cm³/mol. The van der Waals surface area contributed by atoms with Crippen molar-refractivity contribution in [3.05, 3.63) is 59.3 Å². The van der Waals surface area contributed by atoms with Crippen LogP contribution in [-0.2, 0) is 15.9 Å². The number of hydrogen-bond acceptors (Lipinski definition) is 4. The van der Waals surface area contributed by atoms with Gasteiger partial charge in [0.05, 0.1) is 23.3 Å². The van der Waals surface area contributed by atoms with Crippen LogP contribution in [0.15, 0.2) is 36.4 Å². The van der Waals surface area contributed by atoms with Gasteiger partial charge in [-0.25, -0.2) is 13.8 Å². The Labute approximate surface area is 168 Å². The third-order valence-electron chi connectivity index (χ3n) is 4.74. The van der Waals surface area contributed by atoms with Gasteiger partial charge in [0.1, 0.15) is 11.6 Å². The van der Waals surface area contributed by atoms with E-state index in [2.05, 4.69) is 15.0 Å². The van der Waals surface area contributed by atoms with E-state index in [1.807, 2.05) is 0 Å². The summed E-state index contributed by atoms with van der Waals surface area (Å²) >= 11 is 0. The van der Waals surface area contributed by atoms with E-state index in [4.69, 9.17) is 0 Å². The second-order valence-corrected chi connectivity index (χ2v) is 7.47. The molecule has 0 radical (unpaired) electrons. The third-order valence-corrected chi connectivity index (χ3v) is 4.74. The Balaban J connectivity index is 1.69. The van der Waals surface area contributed by atoms with Gasteiger partial charge in [-0.15, -0.1) is 0 Å². The number of rotatable bonds is 7. The Morgan fingerprint density at radius 2 is 1.93 bits per heavy atom. The van der Waals surface area contributed by atoms with Crippen LogP contribution in [0.2, 0.25) is 0 Å². The van der Waals surface area contributed by atoms with Gasteiger partial charge in [0.2, 0.25) is 11.8 Å². The van der Waals surface area contributed by atoms with Crippen LogP contribution in [0.1, 0.15) is 37.4 Å². The molecule has 1 atom stereocenters. The molecule has 1 unspecified atom stereocenters. The molecule has 5 nitrogen and oxygen atoms in total. The number of pyridine rings is 1. The Hall–Kier alpha value is -2.75. The average molecular weight is 430 g/mol. The molecule has 1 aromatic heterocycles. The highest BCUT2D eigenvalue weighted by Gasteiger charge is 2.48. The van der Waals surface area contributed by atoms with Gasteiger partial charge >= 0.3 is 6.18 Å². The highest BCUT2D eigenvalue weighted by Crippen LogP contribution is 2.45. The van der Waals surface area contributed by atoms with E-state index < -0.39 is 47.9 Å². The molecule has 1 aliphatic carbocycles. The van der Waals surface area contributed by atoms with Crippen molar-refractivity contribution < 1.29 is 36.6 Å². The number of carbonyl (C=O) groups is 1. The lowest BCUT2D eigenvalue weighted by atomic mass is 9.91. The number of aromatic nitrogens is 1. The Morgan fingerprint density at radius 1 is 1.23 bits per heavy atom. The maximum absolute atomic E-state index is 14.0. The summed E-state index contributed by atoms with van der Waals surface area (Å²) < 4.78 is 68.7. The lowest BCUT2D eigenvalue weighted by Gasteiger charge is -2.25. The SMILES string of the molecule is CC(O)(CC(=O)NC1(c2cccc(OCC(F)(F)F)n2)CC1)c1ccc(F)cc1F. The minimum Gasteiger partial charge on any atom is -0.468 e. The molecular weight excluding hydrogens is 411 g/mol. The van der Waals surface area contributed by atoms with Crippen LogP contribution in [0, 0.1) is 11.6 Å². The fourth-order valence-corrected chi connectivity index (χ4v) is 3.13. The fraction of sp³-hybridized carbons (Fsp3) is 0.400. The van der Waals surface area contributed by atoms with E-state index in [0.29, 0.717) is 24.6 Å². The summed E-state index contributed by atoms with van der Waals surface area (Å²) in [5.74, 6) is -2.65. The Bertz CT molecular complexity index is 942. The van der Waals surface area contributed by atoms with Crippen molar-refractivity contribution in [1.29, 1.82) is 0 Å². The highest BCUT2D eigenvalue weighted by molar-refractivity contribution is 5.78. The highest BCUT2D eigenvalue weighted by atomic mass is 19.4. The molecule has 1 fully saturated rings. The van der Waals surface area contributed by atoms with Gasteiger partial charge in [-0.05, 0) is 31.9 Å². The number of benzene rings is 1. The molecular formula is C20H19F5N2O3. The van der Waals surface area contributed by atoms with E-state index in [1.165, 1.54) is 19.1 Å². The van der Waals surface area contributed by atoms with Gasteiger partial charge < -0.3 is 15.2 Å². The van der Waals surface area contributed by atoms with Gasteiger partial charge in [-0.1, -0.05) is 12.1 Å². The molecule has 1 amide bonds. The third kappa shape index (κ3) is 5.24. The Kier molecular flexibility index (Phi) is 5.72. The first-order chi connectivity index (χ1) is 13.9. The summed E-state index contributed by atoms with van der Waals surface area (Å²) in [5, 5.41) is 13.2. The molecule has 2 N–H and O–H groups in total. The number of carbonyl (C=O) groups excluding carboxylic acids is 1. The van der Waals surface area contributed by atoms with Gasteiger partial charge in [-0.2, -0.15) is 13.2 Å². The minimum atomic E-state index is -4.51. The van der Waals surface area contributed by atoms with Gasteiger partial charge in [0.15, 0.2) is 6.61 Å². The average Bonchev–Trinajstić information content (AvgIpc) is 3.39. The maximum Gasteiger partial charge on any atom is 0.422 e. The van der Waals surface area contributed by atoms with E-state index in [0.717, 1.165) is 12.1 Å². The van der Waals surface area contributed by atoms with Crippen LogP contribution in [0.5, 0.6) is 5.88 Å². The molecule has 10 heteroatoms. The van der Waals surface area contributed by atoms with Crippen molar-refractivity contribution in [2.75, 3.05) is 6.61 Å². The maximum atomic E-state index is 14.0. The van der Waals surface area contributed by atoms with Crippen molar-refractivity contribution in [2.24, 2.45) is 0 Å². The molecule has 3 rings (SSSR count). The zero-order valence-corrected chi connectivity index (χ0v) is 15.9. The quantitative estimate of drug-likeness (QED) is 0.658. The molecule has 2 aromatic rings. The fourth-order valence-electron chi connectivity index (χ4n) is 3.13. The van der Waals surface area contributed by atoms with Gasteiger partial charge in [0, 0.05) is 17.7 Å². The van der Waals surface area contributed by atoms with Crippen LogP contribution in [-0.4, -0.2) is 28.8 Å². The summed E-state index contributed by atoms with van der Waals surface area (Å²) in [6.45, 7) is -0.263. The number of amides is 1. The topological polar surface area (TPSA) is 71.5 Å². The number of alkyl halides is 3. The second kappa shape index (κ2) is 7.82. The van der Waals surface area contributed by atoms with E-state index >= 15 is 0 Å². The van der Waals surface area contributed by atoms with Crippen molar-refractivity contribution in [2.45, 2.75) is 43.5 Å². The zero-order chi connectivity index (χ0) is 22.2. The van der Waals surface area contributed by atoms with E-state index in [1.54, 1.807) is 6.07 Å². The number of ether oxygens (including phenoxy) is 1. The summed E-state index contributed by atoms with van der Waals surface area (Å²) in [7, 11) is 0. The first-order valence-corrected chi connectivity index (χ1v) is 9.06. The first-order valence-electron chi connectivity index (χ1n) is 9.06. The van der Waals surface area contributed by atoms with Crippen LogP contribution in [0.25, 0.3) is 0 Å². The smallest absolute Gasteiger partial charge is 0.422 e. The molecule has 1 saturated carbocycles. The molecule has 162 valence electrons. The standard InChI is InChI=1S/C20H19F5N2O3/c1-18(29,13-6-5-12(21)9-14(13)22)10-16(28)27-19(7-8-19)15-3-2-4-17(26-15)30-11-20(23,24)25/h2-6,9,29H,7-8,10-11H2,1H3,(H,27,28). The summed E-state index contributed by atoms with van der Waals surface area (Å²) in [6.07, 6.45) is -4.05. The number of nitrogens with one attached hydrogen (secondary N) is 1. The molecule has 30 heavy (non-hydrogen) atoms. The first kappa shape index (κ1) is 21.9. The lowest BCUT2D eigenvalue weighted by molar-refractivity contribution is -0.154. The molecule has 0 aliphatic heterocycles. The molecule has 1 aliphatic rings. The van der Waals surface area contributed by atoms with E-state index in [-0.39, 0.29) is 11.4 Å².